The van der Waals surface area contributed by atoms with Gasteiger partial charge in [-0.1, -0.05) is 12.1 Å². The predicted octanol–water partition coefficient (Wildman–Crippen LogP) is 2.43. The van der Waals surface area contributed by atoms with Crippen molar-refractivity contribution in [2.24, 2.45) is 5.73 Å². The molecule has 1 amide bonds. The number of halogens is 1. The van der Waals surface area contributed by atoms with E-state index in [1.54, 1.807) is 0 Å². The number of hydrogen-bond acceptors (Lipinski definition) is 5. The highest BCUT2D eigenvalue weighted by Crippen LogP contribution is 2.43. The van der Waals surface area contributed by atoms with Crippen LogP contribution in [0.15, 0.2) is 24.3 Å². The molecule has 7 heteroatoms. The summed E-state index contributed by atoms with van der Waals surface area (Å²) in [5, 5.41) is 2.67. The molecule has 1 saturated heterocycles. The SMILES string of the molecule is Cl.NCCNC(=O)COc1ccc(C2SCCCS2)cc1. The first-order chi connectivity index (χ1) is 9.79. The molecule has 0 spiro atoms. The molecule has 0 radical (unpaired) electrons. The summed E-state index contributed by atoms with van der Waals surface area (Å²) >= 11 is 3.99. The summed E-state index contributed by atoms with van der Waals surface area (Å²) in [4.78, 5) is 11.4. The van der Waals surface area contributed by atoms with E-state index in [9.17, 15) is 4.79 Å². The molecule has 2 rings (SSSR count). The Bertz CT molecular complexity index is 425. The van der Waals surface area contributed by atoms with E-state index in [1.807, 2.05) is 35.7 Å². The summed E-state index contributed by atoms with van der Waals surface area (Å²) in [6.07, 6.45) is 1.30. The first-order valence-electron chi connectivity index (χ1n) is 6.72. The molecule has 118 valence electrons. The van der Waals surface area contributed by atoms with E-state index in [0.29, 0.717) is 17.7 Å². The summed E-state index contributed by atoms with van der Waals surface area (Å²) in [6.45, 7) is 0.959. The van der Waals surface area contributed by atoms with Crippen LogP contribution in [0.2, 0.25) is 0 Å². The first kappa shape index (κ1) is 18.5. The highest BCUT2D eigenvalue weighted by Gasteiger charge is 2.16. The van der Waals surface area contributed by atoms with Gasteiger partial charge in [0.2, 0.25) is 0 Å². The van der Waals surface area contributed by atoms with Gasteiger partial charge >= 0.3 is 0 Å². The molecular weight excluding hydrogens is 328 g/mol. The molecule has 1 aliphatic heterocycles. The molecule has 1 aliphatic rings. The highest BCUT2D eigenvalue weighted by molar-refractivity contribution is 8.16. The lowest BCUT2D eigenvalue weighted by Gasteiger charge is -2.21. The zero-order valence-corrected chi connectivity index (χ0v) is 14.2. The Balaban J connectivity index is 0.00000220. The summed E-state index contributed by atoms with van der Waals surface area (Å²) in [7, 11) is 0. The number of ether oxygens (including phenoxy) is 1. The molecule has 3 N–H and O–H groups in total. The summed E-state index contributed by atoms with van der Waals surface area (Å²) in [6, 6.07) is 8.04. The molecule has 1 aromatic carbocycles. The molecule has 0 unspecified atom stereocenters. The summed E-state index contributed by atoms with van der Waals surface area (Å²) in [5.74, 6) is 3.05. The van der Waals surface area contributed by atoms with Crippen LogP contribution >= 0.6 is 35.9 Å². The third-order valence-electron chi connectivity index (χ3n) is 2.82. The molecule has 1 fully saturated rings. The third-order valence-corrected chi connectivity index (χ3v) is 5.83. The predicted molar refractivity (Wildman–Crippen MR) is 93.5 cm³/mol. The number of amides is 1. The first-order valence-corrected chi connectivity index (χ1v) is 8.82. The lowest BCUT2D eigenvalue weighted by atomic mass is 10.2. The van der Waals surface area contributed by atoms with Crippen LogP contribution in [0.3, 0.4) is 0 Å². The summed E-state index contributed by atoms with van der Waals surface area (Å²) < 4.78 is 5.97. The molecule has 4 nitrogen and oxygen atoms in total. The Morgan fingerprint density at radius 3 is 2.57 bits per heavy atom. The number of thioether (sulfide) groups is 2. The van der Waals surface area contributed by atoms with Gasteiger partial charge in [-0.25, -0.2) is 0 Å². The van der Waals surface area contributed by atoms with E-state index in [1.165, 1.54) is 23.5 Å². The number of carbonyl (C=O) groups is 1. The van der Waals surface area contributed by atoms with Gasteiger partial charge in [-0.2, -0.15) is 0 Å². The van der Waals surface area contributed by atoms with E-state index >= 15 is 0 Å². The second-order valence-corrected chi connectivity index (χ2v) is 7.15. The quantitative estimate of drug-likeness (QED) is 0.826. The lowest BCUT2D eigenvalue weighted by Crippen LogP contribution is -2.32. The number of nitrogens with one attached hydrogen (secondary N) is 1. The van der Waals surface area contributed by atoms with Gasteiger partial charge in [0.05, 0.1) is 4.58 Å². The maximum absolute atomic E-state index is 11.4. The topological polar surface area (TPSA) is 64.3 Å². The van der Waals surface area contributed by atoms with Crippen LogP contribution in [-0.2, 0) is 4.79 Å². The van der Waals surface area contributed by atoms with Gasteiger partial charge < -0.3 is 15.8 Å². The van der Waals surface area contributed by atoms with E-state index < -0.39 is 0 Å². The van der Waals surface area contributed by atoms with Crippen molar-refractivity contribution in [2.75, 3.05) is 31.2 Å². The molecule has 0 bridgehead atoms. The second-order valence-electron chi connectivity index (χ2n) is 4.42. The molecule has 0 aliphatic carbocycles. The van der Waals surface area contributed by atoms with Crippen LogP contribution in [0.25, 0.3) is 0 Å². The Hall–Kier alpha value is -0.560. The van der Waals surface area contributed by atoms with Crippen LogP contribution in [0.5, 0.6) is 5.75 Å². The molecule has 0 aromatic heterocycles. The molecular formula is C14H21ClN2O2S2. The zero-order valence-electron chi connectivity index (χ0n) is 11.7. The van der Waals surface area contributed by atoms with Crippen molar-refractivity contribution < 1.29 is 9.53 Å². The maximum atomic E-state index is 11.4. The van der Waals surface area contributed by atoms with Crippen LogP contribution in [-0.4, -0.2) is 37.1 Å². The van der Waals surface area contributed by atoms with Gasteiger partial charge in [0, 0.05) is 13.1 Å². The lowest BCUT2D eigenvalue weighted by molar-refractivity contribution is -0.123. The minimum Gasteiger partial charge on any atom is -0.484 e. The number of hydrogen-bond donors (Lipinski definition) is 2. The number of rotatable bonds is 6. The average molecular weight is 349 g/mol. The fourth-order valence-electron chi connectivity index (χ4n) is 1.81. The van der Waals surface area contributed by atoms with Crippen molar-refractivity contribution in [3.63, 3.8) is 0 Å². The fraction of sp³-hybridized carbons (Fsp3) is 0.500. The molecule has 1 aromatic rings. The summed E-state index contributed by atoms with van der Waals surface area (Å²) in [5.41, 5.74) is 6.63. The van der Waals surface area contributed by atoms with Crippen molar-refractivity contribution in [3.8, 4) is 5.75 Å². The monoisotopic (exact) mass is 348 g/mol. The van der Waals surface area contributed by atoms with Gasteiger partial charge in [0.15, 0.2) is 6.61 Å². The van der Waals surface area contributed by atoms with Gasteiger partial charge in [0.1, 0.15) is 5.75 Å². The minimum atomic E-state index is -0.141. The molecule has 0 saturated carbocycles. The maximum Gasteiger partial charge on any atom is 0.257 e. The van der Waals surface area contributed by atoms with Gasteiger partial charge in [-0.05, 0) is 35.6 Å². The Morgan fingerprint density at radius 2 is 1.95 bits per heavy atom. The second kappa shape index (κ2) is 10.2. The fourth-order valence-corrected chi connectivity index (χ4v) is 4.71. The standard InChI is InChI=1S/C14H20N2O2S2.ClH/c15-6-7-16-13(17)10-18-12-4-2-11(3-5-12)14-19-8-1-9-20-14;/h2-5,14H,1,6-10,15H2,(H,16,17);1H. The number of nitrogens with two attached hydrogens (primary N) is 1. The number of benzene rings is 1. The van der Waals surface area contributed by atoms with Crippen LogP contribution < -0.4 is 15.8 Å². The normalized spacial score (nSPS) is 15.1. The zero-order chi connectivity index (χ0) is 14.2. The van der Waals surface area contributed by atoms with Crippen LogP contribution in [0.1, 0.15) is 16.6 Å². The molecule has 0 atom stereocenters. The van der Waals surface area contributed by atoms with Crippen molar-refractivity contribution in [1.29, 1.82) is 0 Å². The average Bonchev–Trinajstić information content (AvgIpc) is 2.52. The Morgan fingerprint density at radius 1 is 1.29 bits per heavy atom. The van der Waals surface area contributed by atoms with Crippen molar-refractivity contribution in [1.82, 2.24) is 5.32 Å². The number of carbonyl (C=O) groups excluding carboxylic acids is 1. The Labute approximate surface area is 140 Å². The van der Waals surface area contributed by atoms with Crippen molar-refractivity contribution >= 4 is 41.8 Å². The smallest absolute Gasteiger partial charge is 0.257 e. The van der Waals surface area contributed by atoms with Gasteiger partial charge in [-0.15, -0.1) is 35.9 Å². The highest BCUT2D eigenvalue weighted by atomic mass is 35.5. The van der Waals surface area contributed by atoms with Gasteiger partial charge in [-0.3, -0.25) is 4.79 Å². The largest absolute Gasteiger partial charge is 0.484 e. The van der Waals surface area contributed by atoms with E-state index in [2.05, 4.69) is 17.4 Å². The van der Waals surface area contributed by atoms with E-state index in [-0.39, 0.29) is 24.9 Å². The third kappa shape index (κ3) is 6.38. The molecule has 21 heavy (non-hydrogen) atoms. The van der Waals surface area contributed by atoms with Crippen molar-refractivity contribution in [3.05, 3.63) is 29.8 Å². The minimum absolute atomic E-state index is 0. The van der Waals surface area contributed by atoms with E-state index in [0.717, 1.165) is 5.75 Å². The van der Waals surface area contributed by atoms with Crippen LogP contribution in [0, 0.1) is 0 Å². The van der Waals surface area contributed by atoms with Gasteiger partial charge in [0.25, 0.3) is 5.91 Å². The van der Waals surface area contributed by atoms with E-state index in [4.69, 9.17) is 10.5 Å². The van der Waals surface area contributed by atoms with Crippen molar-refractivity contribution in [2.45, 2.75) is 11.0 Å². The van der Waals surface area contributed by atoms with Crippen LogP contribution in [0.4, 0.5) is 0 Å². The molecule has 1 heterocycles. The Kier molecular flexibility index (Phi) is 8.99.